The lowest BCUT2D eigenvalue weighted by Crippen LogP contribution is -2.42. The van der Waals surface area contributed by atoms with Crippen molar-refractivity contribution in [2.24, 2.45) is 0 Å². The molecule has 7 nitrogen and oxygen atoms in total. The molecule has 0 heterocycles. The zero-order chi connectivity index (χ0) is 18.8. The van der Waals surface area contributed by atoms with E-state index in [1.54, 1.807) is 19.9 Å². The zero-order valence-electron chi connectivity index (χ0n) is 15.3. The van der Waals surface area contributed by atoms with E-state index in [0.717, 1.165) is 11.1 Å². The largest absolute Gasteiger partial charge is 0.482 e. The topological polar surface area (TPSA) is 84.9 Å². The average Bonchev–Trinajstić information content (AvgIpc) is 2.59. The number of amides is 2. The van der Waals surface area contributed by atoms with Crippen LogP contribution in [0.1, 0.15) is 25.0 Å². The standard InChI is InChI=1S/C18H26N2O5/c1-5-19-16(21)10-20(6-2)17(22)11-25-18(23)12-24-15-9-7-8-13(3)14(15)4/h7-9H,5-6,10-12H2,1-4H3,(H,19,21). The van der Waals surface area contributed by atoms with E-state index in [2.05, 4.69) is 5.32 Å². The predicted octanol–water partition coefficient (Wildman–Crippen LogP) is 1.21. The highest BCUT2D eigenvalue weighted by Crippen LogP contribution is 2.20. The molecule has 2 amide bonds. The Bertz CT molecular complexity index is 615. The number of hydrogen-bond acceptors (Lipinski definition) is 5. The summed E-state index contributed by atoms with van der Waals surface area (Å²) in [4.78, 5) is 36.6. The number of rotatable bonds is 9. The molecule has 0 saturated carbocycles. The lowest BCUT2D eigenvalue weighted by atomic mass is 10.1. The van der Waals surface area contributed by atoms with Gasteiger partial charge in [0.15, 0.2) is 13.2 Å². The molecule has 1 aromatic carbocycles. The molecule has 0 saturated heterocycles. The highest BCUT2D eigenvalue weighted by molar-refractivity contribution is 5.86. The molecule has 25 heavy (non-hydrogen) atoms. The van der Waals surface area contributed by atoms with Crippen LogP contribution in [0.2, 0.25) is 0 Å². The minimum atomic E-state index is -0.636. The second-order valence-electron chi connectivity index (χ2n) is 5.51. The minimum Gasteiger partial charge on any atom is -0.482 e. The van der Waals surface area contributed by atoms with Crippen molar-refractivity contribution in [3.8, 4) is 5.75 Å². The molecule has 0 aliphatic heterocycles. The third-order valence-corrected chi connectivity index (χ3v) is 3.70. The van der Waals surface area contributed by atoms with Crippen LogP contribution in [-0.2, 0) is 19.1 Å². The van der Waals surface area contributed by atoms with Crippen molar-refractivity contribution < 1.29 is 23.9 Å². The van der Waals surface area contributed by atoms with Crippen LogP contribution in [0.25, 0.3) is 0 Å². The molecule has 0 atom stereocenters. The van der Waals surface area contributed by atoms with Gasteiger partial charge in [-0.05, 0) is 44.9 Å². The van der Waals surface area contributed by atoms with E-state index in [9.17, 15) is 14.4 Å². The summed E-state index contributed by atoms with van der Waals surface area (Å²) >= 11 is 0. The van der Waals surface area contributed by atoms with E-state index >= 15 is 0 Å². The number of nitrogens with zero attached hydrogens (tertiary/aromatic N) is 1. The fourth-order valence-electron chi connectivity index (χ4n) is 2.10. The maximum Gasteiger partial charge on any atom is 0.344 e. The van der Waals surface area contributed by atoms with Crippen LogP contribution in [0.5, 0.6) is 5.75 Å². The van der Waals surface area contributed by atoms with Crippen LogP contribution in [-0.4, -0.2) is 55.5 Å². The van der Waals surface area contributed by atoms with Crippen molar-refractivity contribution in [2.45, 2.75) is 27.7 Å². The van der Waals surface area contributed by atoms with Gasteiger partial charge in [-0.3, -0.25) is 9.59 Å². The monoisotopic (exact) mass is 350 g/mol. The van der Waals surface area contributed by atoms with Gasteiger partial charge in [-0.15, -0.1) is 0 Å². The van der Waals surface area contributed by atoms with Gasteiger partial charge in [0.2, 0.25) is 5.91 Å². The third kappa shape index (κ3) is 6.82. The fraction of sp³-hybridized carbons (Fsp3) is 0.500. The molecule has 0 bridgehead atoms. The van der Waals surface area contributed by atoms with E-state index < -0.39 is 18.5 Å². The summed E-state index contributed by atoms with van der Waals surface area (Å²) in [6, 6.07) is 5.56. The van der Waals surface area contributed by atoms with Gasteiger partial charge in [-0.2, -0.15) is 0 Å². The maximum atomic E-state index is 12.0. The van der Waals surface area contributed by atoms with Gasteiger partial charge >= 0.3 is 5.97 Å². The smallest absolute Gasteiger partial charge is 0.344 e. The number of ether oxygens (including phenoxy) is 2. The summed E-state index contributed by atoms with van der Waals surface area (Å²) in [5.74, 6) is -0.700. The Morgan fingerprint density at radius 3 is 2.48 bits per heavy atom. The first kappa shape index (κ1) is 20.5. The van der Waals surface area contributed by atoms with E-state index in [4.69, 9.17) is 9.47 Å². The molecule has 0 spiro atoms. The van der Waals surface area contributed by atoms with Crippen molar-refractivity contribution in [2.75, 3.05) is 32.8 Å². The molecule has 0 fully saturated rings. The molecule has 7 heteroatoms. The number of benzene rings is 1. The highest BCUT2D eigenvalue weighted by Gasteiger charge is 2.17. The first-order valence-corrected chi connectivity index (χ1v) is 8.28. The zero-order valence-corrected chi connectivity index (χ0v) is 15.3. The summed E-state index contributed by atoms with van der Waals surface area (Å²) in [5.41, 5.74) is 2.01. The van der Waals surface area contributed by atoms with Gasteiger partial charge < -0.3 is 19.7 Å². The van der Waals surface area contributed by atoms with Gasteiger partial charge in [0, 0.05) is 13.1 Å². The van der Waals surface area contributed by atoms with Crippen LogP contribution >= 0.6 is 0 Å². The molecule has 0 unspecified atom stereocenters. The van der Waals surface area contributed by atoms with Crippen molar-refractivity contribution >= 4 is 17.8 Å². The van der Waals surface area contributed by atoms with E-state index in [1.807, 2.05) is 26.0 Å². The predicted molar refractivity (Wildman–Crippen MR) is 93.3 cm³/mol. The molecule has 1 rings (SSSR count). The van der Waals surface area contributed by atoms with Crippen molar-refractivity contribution in [1.82, 2.24) is 10.2 Å². The average molecular weight is 350 g/mol. The Hall–Kier alpha value is -2.57. The quantitative estimate of drug-likeness (QED) is 0.677. The van der Waals surface area contributed by atoms with Gasteiger partial charge in [0.1, 0.15) is 5.75 Å². The second-order valence-corrected chi connectivity index (χ2v) is 5.51. The van der Waals surface area contributed by atoms with Gasteiger partial charge in [-0.1, -0.05) is 12.1 Å². The Labute approximate surface area is 148 Å². The molecular weight excluding hydrogens is 324 g/mol. The molecular formula is C18H26N2O5. The first-order valence-electron chi connectivity index (χ1n) is 8.28. The van der Waals surface area contributed by atoms with Crippen molar-refractivity contribution in [1.29, 1.82) is 0 Å². The van der Waals surface area contributed by atoms with Gasteiger partial charge in [0.25, 0.3) is 5.91 Å². The van der Waals surface area contributed by atoms with Crippen LogP contribution in [0.3, 0.4) is 0 Å². The summed E-state index contributed by atoms with van der Waals surface area (Å²) in [7, 11) is 0. The number of esters is 1. The molecule has 0 radical (unpaired) electrons. The summed E-state index contributed by atoms with van der Waals surface area (Å²) < 4.78 is 10.4. The van der Waals surface area contributed by atoms with E-state index in [-0.39, 0.29) is 19.1 Å². The second kappa shape index (κ2) is 10.3. The summed E-state index contributed by atoms with van der Waals surface area (Å²) in [6.07, 6.45) is 0. The molecule has 0 aliphatic carbocycles. The van der Waals surface area contributed by atoms with Crippen molar-refractivity contribution in [3.05, 3.63) is 29.3 Å². The first-order chi connectivity index (χ1) is 11.9. The number of carbonyl (C=O) groups excluding carboxylic acids is 3. The normalized spacial score (nSPS) is 10.1. The third-order valence-electron chi connectivity index (χ3n) is 3.70. The van der Waals surface area contributed by atoms with Gasteiger partial charge in [0.05, 0.1) is 6.54 Å². The SMILES string of the molecule is CCNC(=O)CN(CC)C(=O)COC(=O)COc1cccc(C)c1C. The molecule has 138 valence electrons. The Kier molecular flexibility index (Phi) is 8.46. The van der Waals surface area contributed by atoms with Crippen LogP contribution in [0, 0.1) is 13.8 Å². The summed E-state index contributed by atoms with van der Waals surface area (Å²) in [6.45, 7) is 7.51. The number of aryl methyl sites for hydroxylation is 1. The van der Waals surface area contributed by atoms with Crippen LogP contribution in [0.15, 0.2) is 18.2 Å². The fourth-order valence-corrected chi connectivity index (χ4v) is 2.10. The number of nitrogens with one attached hydrogen (secondary N) is 1. The van der Waals surface area contributed by atoms with Gasteiger partial charge in [-0.25, -0.2) is 4.79 Å². The van der Waals surface area contributed by atoms with E-state index in [0.29, 0.717) is 18.8 Å². The number of likely N-dealkylation sites (N-methyl/N-ethyl adjacent to an activating group) is 2. The minimum absolute atomic E-state index is 0.0558. The van der Waals surface area contributed by atoms with E-state index in [1.165, 1.54) is 4.90 Å². The Morgan fingerprint density at radius 2 is 1.84 bits per heavy atom. The molecule has 0 aromatic heterocycles. The molecule has 1 N–H and O–H groups in total. The Balaban J connectivity index is 2.42. The van der Waals surface area contributed by atoms with Crippen molar-refractivity contribution in [3.63, 3.8) is 0 Å². The highest BCUT2D eigenvalue weighted by atomic mass is 16.6. The maximum absolute atomic E-state index is 12.0. The Morgan fingerprint density at radius 1 is 1.12 bits per heavy atom. The lowest BCUT2D eigenvalue weighted by molar-refractivity contribution is -0.154. The molecule has 1 aromatic rings. The van der Waals surface area contributed by atoms with Crippen LogP contribution < -0.4 is 10.1 Å². The van der Waals surface area contributed by atoms with Crippen LogP contribution in [0.4, 0.5) is 0 Å². The number of carbonyl (C=O) groups is 3. The number of hydrogen-bond donors (Lipinski definition) is 1. The molecule has 0 aliphatic rings. The lowest BCUT2D eigenvalue weighted by Gasteiger charge is -2.20. The summed E-state index contributed by atoms with van der Waals surface area (Å²) in [5, 5.41) is 2.62.